The molecule has 0 heterocycles. The molecule has 0 aliphatic heterocycles. The number of hydroxylamine groups is 3. The molecule has 0 amide bonds. The largest absolute Gasteiger partial charge is 0.726 e. The molecule has 412 valence electrons. The first-order valence-corrected chi connectivity index (χ1v) is 30.3. The summed E-state index contributed by atoms with van der Waals surface area (Å²) in [6, 6.07) is 0. The SMILES string of the molecule is CCCCCCCC/C=C\CCCCCCCC(=O)O[N+](CCC)(OC(=O)CCCCCCC/C=C\CCCCCCCC)OC(=O)CCCCCCC/C=C\CCCCCCCC.COS(=O)(=O)[O-]. The van der Waals surface area contributed by atoms with Crippen LogP contribution in [0.15, 0.2) is 36.5 Å². The average molecular weight is 1010 g/mol. The average Bonchev–Trinajstić information content (AvgIpc) is 3.32. The van der Waals surface area contributed by atoms with Gasteiger partial charge in [-0.15, -0.1) is 0 Å². The lowest BCUT2D eigenvalue weighted by atomic mass is 10.1. The second kappa shape index (κ2) is 54.2. The van der Waals surface area contributed by atoms with E-state index in [-0.39, 0.29) is 25.8 Å². The number of quaternary nitrogens is 1. The van der Waals surface area contributed by atoms with E-state index in [0.29, 0.717) is 25.7 Å². The van der Waals surface area contributed by atoms with Gasteiger partial charge in [0.15, 0.2) is 0 Å². The van der Waals surface area contributed by atoms with Crippen LogP contribution in [-0.4, -0.2) is 49.5 Å². The smallest absolute Gasteiger partial charge is 0.378 e. The number of carbonyl (C=O) groups is 3. The molecule has 0 unspecified atom stereocenters. The fourth-order valence-electron chi connectivity index (χ4n) is 8.09. The van der Waals surface area contributed by atoms with Gasteiger partial charge in [0.1, 0.15) is 0 Å². The molecule has 0 N–H and O–H groups in total. The van der Waals surface area contributed by atoms with Gasteiger partial charge in [-0.25, -0.2) is 22.8 Å². The zero-order chi connectivity index (χ0) is 51.9. The third-order valence-corrected chi connectivity index (χ3v) is 12.8. The van der Waals surface area contributed by atoms with Crippen LogP contribution in [0.1, 0.15) is 304 Å². The van der Waals surface area contributed by atoms with Gasteiger partial charge in [-0.3, -0.25) is 4.18 Å². The van der Waals surface area contributed by atoms with Crippen LogP contribution in [-0.2, 0) is 43.5 Å². The molecule has 0 spiro atoms. The molecule has 0 aromatic rings. The molecule has 0 radical (unpaired) electrons. The van der Waals surface area contributed by atoms with Crippen molar-refractivity contribution < 1.29 is 51.0 Å². The Kier molecular flexibility index (Phi) is 53.9. The van der Waals surface area contributed by atoms with Crippen LogP contribution >= 0.6 is 0 Å². The minimum atomic E-state index is -4.41. The van der Waals surface area contributed by atoms with Gasteiger partial charge in [0.05, 0.1) is 26.4 Å². The fourth-order valence-corrected chi connectivity index (χ4v) is 8.09. The first-order valence-electron chi connectivity index (χ1n) is 29.0. The van der Waals surface area contributed by atoms with Gasteiger partial charge in [-0.1, -0.05) is 218 Å². The molecule has 0 saturated heterocycles. The molecule has 11 nitrogen and oxygen atoms in total. The predicted octanol–water partition coefficient (Wildman–Crippen LogP) is 17.8. The van der Waals surface area contributed by atoms with Crippen LogP contribution in [0.3, 0.4) is 0 Å². The molecule has 0 aliphatic rings. The number of rotatable bonds is 51. The van der Waals surface area contributed by atoms with E-state index in [1.54, 1.807) is 0 Å². The summed E-state index contributed by atoms with van der Waals surface area (Å²) in [5.74, 6) is -1.52. The molecule has 0 aromatic carbocycles. The van der Waals surface area contributed by atoms with Gasteiger partial charge in [0.25, 0.3) is 0 Å². The normalized spacial score (nSPS) is 12.0. The summed E-state index contributed by atoms with van der Waals surface area (Å²) in [4.78, 5) is 55.8. The van der Waals surface area contributed by atoms with E-state index in [4.69, 9.17) is 14.5 Å². The second-order valence-corrected chi connectivity index (χ2v) is 20.5. The van der Waals surface area contributed by atoms with Crippen molar-refractivity contribution in [1.82, 2.24) is 0 Å². The van der Waals surface area contributed by atoms with Gasteiger partial charge < -0.3 is 4.55 Å². The summed E-state index contributed by atoms with van der Waals surface area (Å²) < 4.78 is 31.0. The van der Waals surface area contributed by atoms with Gasteiger partial charge in [0.2, 0.25) is 21.9 Å². The van der Waals surface area contributed by atoms with Crippen LogP contribution < -0.4 is 0 Å². The Labute approximate surface area is 431 Å². The monoisotopic (exact) mass is 1010 g/mol. The highest BCUT2D eigenvalue weighted by molar-refractivity contribution is 7.80. The number of nitrogens with zero attached hydrogens (tertiary/aromatic N) is 1. The van der Waals surface area contributed by atoms with E-state index >= 15 is 0 Å². The molecule has 12 heteroatoms. The van der Waals surface area contributed by atoms with Crippen molar-refractivity contribution in [2.75, 3.05) is 13.7 Å². The lowest BCUT2D eigenvalue weighted by Gasteiger charge is -2.26. The van der Waals surface area contributed by atoms with Crippen molar-refractivity contribution in [1.29, 1.82) is 0 Å². The molecule has 0 atom stereocenters. The Morgan fingerprint density at radius 1 is 0.357 bits per heavy atom. The summed E-state index contributed by atoms with van der Waals surface area (Å²) in [7, 11) is -3.60. The topological polar surface area (TPSA) is 145 Å². The van der Waals surface area contributed by atoms with Gasteiger partial charge in [-0.05, 0) is 96.3 Å². The first kappa shape index (κ1) is 69.5. The highest BCUT2D eigenvalue weighted by Crippen LogP contribution is 2.21. The van der Waals surface area contributed by atoms with Gasteiger partial charge in [-0.2, -0.15) is 14.5 Å². The zero-order valence-corrected chi connectivity index (χ0v) is 46.8. The maximum atomic E-state index is 13.2. The van der Waals surface area contributed by atoms with Gasteiger partial charge in [0, 0.05) is 6.42 Å². The van der Waals surface area contributed by atoms with E-state index in [1.807, 2.05) is 6.92 Å². The van der Waals surface area contributed by atoms with Crippen LogP contribution in [0.2, 0.25) is 0 Å². The Morgan fingerprint density at radius 2 is 0.557 bits per heavy atom. The van der Waals surface area contributed by atoms with E-state index in [9.17, 15) is 27.4 Å². The Hall–Kier alpha value is -2.54. The van der Waals surface area contributed by atoms with Crippen LogP contribution in [0.5, 0.6) is 0 Å². The van der Waals surface area contributed by atoms with Crippen molar-refractivity contribution >= 4 is 28.3 Å². The van der Waals surface area contributed by atoms with Crippen molar-refractivity contribution in [2.45, 2.75) is 304 Å². The maximum absolute atomic E-state index is 13.2. The third-order valence-electron chi connectivity index (χ3n) is 12.4. The molecule has 0 saturated carbocycles. The lowest BCUT2D eigenvalue weighted by molar-refractivity contribution is -1.34. The highest BCUT2D eigenvalue weighted by atomic mass is 32.3. The summed E-state index contributed by atoms with van der Waals surface area (Å²) in [6.07, 6.45) is 60.9. The number of unbranched alkanes of at least 4 members (excludes halogenated alkanes) is 33. The van der Waals surface area contributed by atoms with E-state index < -0.39 is 33.3 Å². The Bertz CT molecular complexity index is 1230. The fraction of sp³-hybridized carbons (Fsp3) is 0.845. The van der Waals surface area contributed by atoms with E-state index in [0.717, 1.165) is 103 Å². The number of hydrogen-bond donors (Lipinski definition) is 0. The second-order valence-electron chi connectivity index (χ2n) is 19.3. The lowest BCUT2D eigenvalue weighted by Crippen LogP contribution is -2.52. The van der Waals surface area contributed by atoms with Crippen LogP contribution in [0, 0.1) is 0 Å². The summed E-state index contributed by atoms with van der Waals surface area (Å²) in [6.45, 7) is 8.75. The quantitative estimate of drug-likeness (QED) is 0.0144. The Morgan fingerprint density at radius 3 is 0.757 bits per heavy atom. The third kappa shape index (κ3) is 54.8. The van der Waals surface area contributed by atoms with Crippen molar-refractivity contribution in [2.24, 2.45) is 0 Å². The summed E-state index contributed by atoms with van der Waals surface area (Å²) in [5.41, 5.74) is 0. The van der Waals surface area contributed by atoms with E-state index in [2.05, 4.69) is 61.4 Å². The highest BCUT2D eigenvalue weighted by Gasteiger charge is 2.44. The first-order chi connectivity index (χ1) is 34.0. The maximum Gasteiger partial charge on any atom is 0.378 e. The van der Waals surface area contributed by atoms with E-state index in [1.165, 1.54) is 135 Å². The zero-order valence-electron chi connectivity index (χ0n) is 46.0. The number of hydrogen-bond acceptors (Lipinski definition) is 10. The molecule has 0 aromatic heterocycles. The number of carbonyl (C=O) groups excluding carboxylic acids is 3. The van der Waals surface area contributed by atoms with Crippen molar-refractivity contribution in [3.63, 3.8) is 0 Å². The molecular formula is C58H109NO10S. The minimum Gasteiger partial charge on any atom is -0.726 e. The number of allylic oxidation sites excluding steroid dienone is 6. The summed E-state index contributed by atoms with van der Waals surface area (Å²) >= 11 is 0. The minimum absolute atomic E-state index is 0.0638. The van der Waals surface area contributed by atoms with Crippen molar-refractivity contribution in [3.8, 4) is 0 Å². The molecule has 0 fully saturated rings. The standard InChI is InChI=1S/C57H106NO6.CH4O4S/c1-5-9-12-15-18-21-24-27-30-33-36-39-42-45-48-51-55(59)62-58(54-8-4,63-56(60)52-49-46-43-40-37-34-31-28-25-22-19-16-13-10-6-2)64-57(61)53-50-47-44-41-38-35-32-29-26-23-20-17-14-11-7-3;1-5-6(2,3)4/h27-32H,5-26,33-54H2,1-4H3;1H3,(H,2,3,4)/q+1;/p-1/b30-27-,31-28-,32-29-;. The predicted molar refractivity (Wildman–Crippen MR) is 289 cm³/mol. The van der Waals surface area contributed by atoms with Crippen molar-refractivity contribution in [3.05, 3.63) is 36.5 Å². The molecule has 0 aliphatic carbocycles. The van der Waals surface area contributed by atoms with Gasteiger partial charge >= 0.3 is 17.9 Å². The van der Waals surface area contributed by atoms with Crippen LogP contribution in [0.4, 0.5) is 0 Å². The summed E-state index contributed by atoms with van der Waals surface area (Å²) in [5, 5.41) is 0. The Balaban J connectivity index is 0. The molecule has 0 rings (SSSR count). The molecule has 70 heavy (non-hydrogen) atoms. The van der Waals surface area contributed by atoms with Crippen LogP contribution in [0.25, 0.3) is 0 Å². The molecular weight excluding hydrogens is 903 g/mol. The molecule has 0 bridgehead atoms.